The van der Waals surface area contributed by atoms with Crippen LogP contribution in [0, 0.1) is 0 Å². The smallest absolute Gasteiger partial charge is 0.243 e. The SMILES string of the molecule is Cl.O=S(=O)(Cc1ccc2c(c1)OCO2)c1ccc(S(=O)(=O)N2CCOCC2)cc1. The maximum atomic E-state index is 12.7. The van der Waals surface area contributed by atoms with Crippen LogP contribution in [0.25, 0.3) is 0 Å². The summed E-state index contributed by atoms with van der Waals surface area (Å²) in [4.78, 5) is 0.127. The Kier molecular flexibility index (Phi) is 6.39. The molecule has 0 spiro atoms. The van der Waals surface area contributed by atoms with E-state index in [0.717, 1.165) is 0 Å². The number of rotatable bonds is 5. The van der Waals surface area contributed by atoms with Crippen LogP contribution in [-0.4, -0.2) is 54.2 Å². The monoisotopic (exact) mass is 461 g/mol. The molecule has 0 amide bonds. The Morgan fingerprint density at radius 2 is 1.45 bits per heavy atom. The first kappa shape index (κ1) is 21.8. The van der Waals surface area contributed by atoms with E-state index >= 15 is 0 Å². The van der Waals surface area contributed by atoms with E-state index in [-0.39, 0.29) is 47.8 Å². The van der Waals surface area contributed by atoms with Crippen LogP contribution in [0.3, 0.4) is 0 Å². The van der Waals surface area contributed by atoms with Gasteiger partial charge in [0.25, 0.3) is 0 Å². The van der Waals surface area contributed by atoms with E-state index in [0.29, 0.717) is 30.3 Å². The molecule has 11 heteroatoms. The van der Waals surface area contributed by atoms with Gasteiger partial charge in [-0.3, -0.25) is 0 Å². The van der Waals surface area contributed by atoms with Crippen molar-refractivity contribution in [1.82, 2.24) is 4.31 Å². The third-order valence-corrected chi connectivity index (χ3v) is 8.20. The molecule has 2 aromatic carbocycles. The van der Waals surface area contributed by atoms with E-state index in [9.17, 15) is 16.8 Å². The fourth-order valence-electron chi connectivity index (χ4n) is 3.09. The van der Waals surface area contributed by atoms with Crippen LogP contribution in [0.2, 0.25) is 0 Å². The summed E-state index contributed by atoms with van der Waals surface area (Å²) in [7, 11) is -7.30. The van der Waals surface area contributed by atoms with Crippen LogP contribution < -0.4 is 9.47 Å². The molecule has 8 nitrogen and oxygen atoms in total. The number of hydrogen-bond acceptors (Lipinski definition) is 7. The van der Waals surface area contributed by atoms with Gasteiger partial charge in [0.1, 0.15) is 0 Å². The lowest BCUT2D eigenvalue weighted by Crippen LogP contribution is -2.40. The van der Waals surface area contributed by atoms with Crippen molar-refractivity contribution < 1.29 is 31.0 Å². The van der Waals surface area contributed by atoms with Crippen molar-refractivity contribution in [3.63, 3.8) is 0 Å². The number of sulfonamides is 1. The zero-order valence-corrected chi connectivity index (χ0v) is 17.8. The van der Waals surface area contributed by atoms with Crippen molar-refractivity contribution in [3.8, 4) is 11.5 Å². The maximum Gasteiger partial charge on any atom is 0.243 e. The molecule has 1 saturated heterocycles. The lowest BCUT2D eigenvalue weighted by Gasteiger charge is -2.26. The van der Waals surface area contributed by atoms with Gasteiger partial charge in [0.05, 0.1) is 28.8 Å². The quantitative estimate of drug-likeness (QED) is 0.669. The summed E-state index contributed by atoms with van der Waals surface area (Å²) < 4.78 is 67.7. The molecular formula is C18H20ClNO7S2. The number of fused-ring (bicyclic) bond motifs is 1. The summed E-state index contributed by atoms with van der Waals surface area (Å²) in [6.07, 6.45) is 0. The van der Waals surface area contributed by atoms with Crippen molar-refractivity contribution in [2.45, 2.75) is 15.5 Å². The van der Waals surface area contributed by atoms with E-state index in [1.165, 1.54) is 28.6 Å². The van der Waals surface area contributed by atoms with Gasteiger partial charge in [-0.15, -0.1) is 12.4 Å². The van der Waals surface area contributed by atoms with Crippen molar-refractivity contribution in [3.05, 3.63) is 48.0 Å². The Bertz CT molecular complexity index is 1080. The number of morpholine rings is 1. The Hall–Kier alpha value is -1.85. The minimum Gasteiger partial charge on any atom is -0.454 e. The summed E-state index contributed by atoms with van der Waals surface area (Å²) in [6.45, 7) is 1.38. The second kappa shape index (κ2) is 8.49. The molecule has 0 N–H and O–H groups in total. The van der Waals surface area contributed by atoms with Gasteiger partial charge in [-0.1, -0.05) is 6.07 Å². The standard InChI is InChI=1S/C18H19NO7S2.ClH/c20-27(21,12-14-1-6-17-18(11-14)26-13-25-17)15-2-4-16(5-3-15)28(22,23)19-7-9-24-10-8-19;/h1-6,11H,7-10,12-13H2;1H. The molecular weight excluding hydrogens is 442 g/mol. The van der Waals surface area contributed by atoms with Crippen molar-refractivity contribution in [1.29, 1.82) is 0 Å². The molecule has 2 aliphatic heterocycles. The summed E-state index contributed by atoms with van der Waals surface area (Å²) in [5, 5.41) is 0. The third kappa shape index (κ3) is 4.51. The molecule has 0 saturated carbocycles. The zero-order valence-electron chi connectivity index (χ0n) is 15.3. The van der Waals surface area contributed by atoms with Gasteiger partial charge in [-0.25, -0.2) is 16.8 Å². The van der Waals surface area contributed by atoms with E-state index in [2.05, 4.69) is 0 Å². The number of hydrogen-bond donors (Lipinski definition) is 0. The highest BCUT2D eigenvalue weighted by Gasteiger charge is 2.27. The maximum absolute atomic E-state index is 12.7. The predicted molar refractivity (Wildman–Crippen MR) is 107 cm³/mol. The zero-order chi connectivity index (χ0) is 19.8. The first-order valence-electron chi connectivity index (χ1n) is 8.65. The van der Waals surface area contributed by atoms with Gasteiger partial charge < -0.3 is 14.2 Å². The minimum absolute atomic E-state index is 0. The lowest BCUT2D eigenvalue weighted by atomic mass is 10.2. The Labute approximate surface area is 175 Å². The molecule has 1 fully saturated rings. The van der Waals surface area contributed by atoms with Crippen molar-refractivity contribution in [2.24, 2.45) is 0 Å². The largest absolute Gasteiger partial charge is 0.454 e. The highest BCUT2D eigenvalue weighted by atomic mass is 35.5. The molecule has 0 radical (unpaired) electrons. The van der Waals surface area contributed by atoms with Crippen LogP contribution in [0.5, 0.6) is 11.5 Å². The Morgan fingerprint density at radius 3 is 2.14 bits per heavy atom. The van der Waals surface area contributed by atoms with E-state index < -0.39 is 19.9 Å². The number of halogens is 1. The molecule has 0 atom stereocenters. The third-order valence-electron chi connectivity index (χ3n) is 4.58. The van der Waals surface area contributed by atoms with Gasteiger partial charge >= 0.3 is 0 Å². The molecule has 0 bridgehead atoms. The number of benzene rings is 2. The van der Waals surface area contributed by atoms with Crippen LogP contribution in [-0.2, 0) is 30.4 Å². The normalized spacial score (nSPS) is 17.0. The Balaban J connectivity index is 0.00000240. The predicted octanol–water partition coefficient (Wildman–Crippen LogP) is 1.83. The molecule has 158 valence electrons. The first-order valence-corrected chi connectivity index (χ1v) is 11.7. The molecule has 2 heterocycles. The number of ether oxygens (including phenoxy) is 3. The second-order valence-electron chi connectivity index (χ2n) is 6.43. The fourth-order valence-corrected chi connectivity index (χ4v) is 5.83. The summed E-state index contributed by atoms with van der Waals surface area (Å²) >= 11 is 0. The number of sulfone groups is 1. The topological polar surface area (TPSA) is 99.2 Å². The van der Waals surface area contributed by atoms with Crippen LogP contribution in [0.1, 0.15) is 5.56 Å². The Morgan fingerprint density at radius 1 is 0.828 bits per heavy atom. The summed E-state index contributed by atoms with van der Waals surface area (Å²) in [6, 6.07) is 10.3. The lowest BCUT2D eigenvalue weighted by molar-refractivity contribution is 0.0730. The molecule has 2 aliphatic rings. The number of nitrogens with zero attached hydrogens (tertiary/aromatic N) is 1. The van der Waals surface area contributed by atoms with Gasteiger partial charge in [-0.2, -0.15) is 4.31 Å². The van der Waals surface area contributed by atoms with E-state index in [1.807, 2.05) is 0 Å². The van der Waals surface area contributed by atoms with E-state index in [4.69, 9.17) is 14.2 Å². The minimum atomic E-state index is -3.66. The van der Waals surface area contributed by atoms with Gasteiger partial charge in [-0.05, 0) is 42.0 Å². The second-order valence-corrected chi connectivity index (χ2v) is 10.4. The average molecular weight is 462 g/mol. The molecule has 4 rings (SSSR count). The van der Waals surface area contributed by atoms with Gasteiger partial charge in [0, 0.05) is 13.1 Å². The molecule has 0 aromatic heterocycles. The molecule has 0 unspecified atom stereocenters. The summed E-state index contributed by atoms with van der Waals surface area (Å²) in [5.74, 6) is 0.873. The van der Waals surface area contributed by atoms with Crippen molar-refractivity contribution >= 4 is 32.3 Å². The fraction of sp³-hybridized carbons (Fsp3) is 0.333. The highest BCUT2D eigenvalue weighted by Crippen LogP contribution is 2.33. The van der Waals surface area contributed by atoms with Crippen molar-refractivity contribution in [2.75, 3.05) is 33.1 Å². The van der Waals surface area contributed by atoms with Crippen LogP contribution in [0.4, 0.5) is 0 Å². The van der Waals surface area contributed by atoms with Crippen LogP contribution >= 0.6 is 12.4 Å². The van der Waals surface area contributed by atoms with E-state index in [1.54, 1.807) is 18.2 Å². The molecule has 2 aromatic rings. The average Bonchev–Trinajstić information content (AvgIpc) is 3.16. The molecule has 0 aliphatic carbocycles. The highest BCUT2D eigenvalue weighted by molar-refractivity contribution is 7.90. The summed E-state index contributed by atoms with van der Waals surface area (Å²) in [5.41, 5.74) is 0.564. The van der Waals surface area contributed by atoms with Crippen LogP contribution in [0.15, 0.2) is 52.3 Å². The van der Waals surface area contributed by atoms with Gasteiger partial charge in [0.2, 0.25) is 16.8 Å². The first-order chi connectivity index (χ1) is 13.4. The van der Waals surface area contributed by atoms with Gasteiger partial charge in [0.15, 0.2) is 21.3 Å². The molecule has 29 heavy (non-hydrogen) atoms.